The first-order chi connectivity index (χ1) is 11.5. The van der Waals surface area contributed by atoms with E-state index in [9.17, 15) is 4.79 Å². The van der Waals surface area contributed by atoms with E-state index < -0.39 is 0 Å². The molecule has 0 radical (unpaired) electrons. The standard InChI is InChI=1S/C18H24N2O3S/c1-5-22-13(4)18-20-15(11-24-18)10-23-16-8-6-7-14(9-16)19-17(21)12(2)3/h6-9,11-13H,5,10H2,1-4H3,(H,19,21). The second-order valence-electron chi connectivity index (χ2n) is 5.74. The Morgan fingerprint density at radius 2 is 2.12 bits per heavy atom. The van der Waals surface area contributed by atoms with Crippen LogP contribution in [-0.2, 0) is 16.1 Å². The van der Waals surface area contributed by atoms with Gasteiger partial charge in [-0.2, -0.15) is 0 Å². The fraction of sp³-hybridized carbons (Fsp3) is 0.444. The molecule has 0 saturated carbocycles. The number of carbonyl (C=O) groups excluding carboxylic acids is 1. The van der Waals surface area contributed by atoms with E-state index in [0.717, 1.165) is 16.4 Å². The Bertz CT molecular complexity index is 670. The molecule has 6 heteroatoms. The molecule has 0 spiro atoms. The largest absolute Gasteiger partial charge is 0.487 e. The average Bonchev–Trinajstić information content (AvgIpc) is 3.02. The lowest BCUT2D eigenvalue weighted by molar-refractivity contribution is -0.118. The Morgan fingerprint density at radius 1 is 1.33 bits per heavy atom. The van der Waals surface area contributed by atoms with Crippen molar-refractivity contribution in [1.29, 1.82) is 0 Å². The third kappa shape index (κ3) is 5.32. The predicted molar refractivity (Wildman–Crippen MR) is 96.4 cm³/mol. The molecule has 1 heterocycles. The lowest BCUT2D eigenvalue weighted by Crippen LogP contribution is -2.17. The molecule has 1 N–H and O–H groups in total. The summed E-state index contributed by atoms with van der Waals surface area (Å²) in [6.45, 7) is 8.74. The number of anilines is 1. The maximum atomic E-state index is 11.8. The number of ether oxygens (including phenoxy) is 2. The van der Waals surface area contributed by atoms with Gasteiger partial charge in [0.2, 0.25) is 5.91 Å². The summed E-state index contributed by atoms with van der Waals surface area (Å²) in [5, 5.41) is 5.80. The number of thiazole rings is 1. The van der Waals surface area contributed by atoms with Crippen molar-refractivity contribution in [2.75, 3.05) is 11.9 Å². The third-order valence-corrected chi connectivity index (χ3v) is 4.40. The summed E-state index contributed by atoms with van der Waals surface area (Å²) in [5.74, 6) is 0.625. The van der Waals surface area contributed by atoms with Crippen LogP contribution in [0.4, 0.5) is 5.69 Å². The molecule has 1 atom stereocenters. The quantitative estimate of drug-likeness (QED) is 0.767. The molecule has 1 aromatic heterocycles. The van der Waals surface area contributed by atoms with E-state index in [1.54, 1.807) is 11.3 Å². The van der Waals surface area contributed by atoms with Crippen LogP contribution in [0, 0.1) is 5.92 Å². The van der Waals surface area contributed by atoms with E-state index in [0.29, 0.717) is 19.0 Å². The van der Waals surface area contributed by atoms with Crippen molar-refractivity contribution in [1.82, 2.24) is 4.98 Å². The van der Waals surface area contributed by atoms with Crippen LogP contribution < -0.4 is 10.1 Å². The lowest BCUT2D eigenvalue weighted by atomic mass is 10.2. The van der Waals surface area contributed by atoms with Gasteiger partial charge in [-0.1, -0.05) is 19.9 Å². The molecule has 0 aliphatic heterocycles. The van der Waals surface area contributed by atoms with Gasteiger partial charge in [-0.3, -0.25) is 4.79 Å². The highest BCUT2D eigenvalue weighted by atomic mass is 32.1. The van der Waals surface area contributed by atoms with Crippen LogP contribution in [0.25, 0.3) is 0 Å². The molecule has 0 fully saturated rings. The zero-order valence-electron chi connectivity index (χ0n) is 14.5. The minimum absolute atomic E-state index is 0.00308. The smallest absolute Gasteiger partial charge is 0.226 e. The number of hydrogen-bond donors (Lipinski definition) is 1. The summed E-state index contributed by atoms with van der Waals surface area (Å²) in [4.78, 5) is 16.3. The number of nitrogens with one attached hydrogen (secondary N) is 1. The molecule has 5 nitrogen and oxygen atoms in total. The zero-order valence-corrected chi connectivity index (χ0v) is 15.4. The Kier molecular flexibility index (Phi) is 6.75. The van der Waals surface area contributed by atoms with Gasteiger partial charge in [0, 0.05) is 29.7 Å². The highest BCUT2D eigenvalue weighted by Crippen LogP contribution is 2.23. The van der Waals surface area contributed by atoms with E-state index >= 15 is 0 Å². The fourth-order valence-corrected chi connectivity index (χ4v) is 2.81. The first-order valence-electron chi connectivity index (χ1n) is 8.09. The number of hydrogen-bond acceptors (Lipinski definition) is 5. The van der Waals surface area contributed by atoms with Gasteiger partial charge in [0.25, 0.3) is 0 Å². The summed E-state index contributed by atoms with van der Waals surface area (Å²) in [6.07, 6.45) is 0.00308. The van der Waals surface area contributed by atoms with Crippen LogP contribution in [-0.4, -0.2) is 17.5 Å². The molecule has 0 bridgehead atoms. The molecule has 0 saturated heterocycles. The van der Waals surface area contributed by atoms with Gasteiger partial charge in [0.05, 0.1) is 5.69 Å². The molecule has 2 aromatic rings. The Labute approximate surface area is 147 Å². The van der Waals surface area contributed by atoms with Crippen molar-refractivity contribution in [3.8, 4) is 5.75 Å². The van der Waals surface area contributed by atoms with Gasteiger partial charge in [-0.15, -0.1) is 11.3 Å². The summed E-state index contributed by atoms with van der Waals surface area (Å²) >= 11 is 1.57. The molecule has 2 rings (SSSR count). The molecule has 1 aromatic carbocycles. The number of aromatic nitrogens is 1. The molecule has 0 aliphatic carbocycles. The molecule has 0 aliphatic rings. The lowest BCUT2D eigenvalue weighted by Gasteiger charge is -2.10. The normalized spacial score (nSPS) is 12.2. The summed E-state index contributed by atoms with van der Waals surface area (Å²) < 4.78 is 11.3. The second kappa shape index (κ2) is 8.80. The SMILES string of the molecule is CCOC(C)c1nc(COc2cccc(NC(=O)C(C)C)c2)cs1. The van der Waals surface area contributed by atoms with Crippen LogP contribution >= 0.6 is 11.3 Å². The molecular formula is C18H24N2O3S. The van der Waals surface area contributed by atoms with Crippen molar-refractivity contribution in [2.24, 2.45) is 5.92 Å². The molecule has 24 heavy (non-hydrogen) atoms. The van der Waals surface area contributed by atoms with Crippen LogP contribution in [0.2, 0.25) is 0 Å². The fourth-order valence-electron chi connectivity index (χ4n) is 2.00. The van der Waals surface area contributed by atoms with Crippen molar-refractivity contribution < 1.29 is 14.3 Å². The van der Waals surface area contributed by atoms with Gasteiger partial charge in [0.15, 0.2) is 0 Å². The minimum atomic E-state index is -0.0599. The summed E-state index contributed by atoms with van der Waals surface area (Å²) in [5.41, 5.74) is 1.60. The maximum Gasteiger partial charge on any atom is 0.226 e. The molecular weight excluding hydrogens is 324 g/mol. The highest BCUT2D eigenvalue weighted by molar-refractivity contribution is 7.09. The highest BCUT2D eigenvalue weighted by Gasteiger charge is 2.11. The van der Waals surface area contributed by atoms with Gasteiger partial charge in [-0.05, 0) is 26.0 Å². The number of benzene rings is 1. The van der Waals surface area contributed by atoms with Crippen LogP contribution in [0.3, 0.4) is 0 Å². The predicted octanol–water partition coefficient (Wildman–Crippen LogP) is 4.41. The zero-order chi connectivity index (χ0) is 17.5. The first-order valence-corrected chi connectivity index (χ1v) is 8.97. The Balaban J connectivity index is 1.93. The van der Waals surface area contributed by atoms with E-state index in [2.05, 4.69) is 10.3 Å². The molecule has 1 amide bonds. The van der Waals surface area contributed by atoms with Crippen molar-refractivity contribution in [3.63, 3.8) is 0 Å². The second-order valence-corrected chi connectivity index (χ2v) is 6.62. The Hall–Kier alpha value is -1.92. The van der Waals surface area contributed by atoms with Crippen LogP contribution in [0.1, 0.15) is 44.5 Å². The number of nitrogens with zero attached hydrogens (tertiary/aromatic N) is 1. The first kappa shape index (κ1) is 18.4. The van der Waals surface area contributed by atoms with Crippen molar-refractivity contribution in [3.05, 3.63) is 40.3 Å². The topological polar surface area (TPSA) is 60.5 Å². The van der Waals surface area contributed by atoms with Gasteiger partial charge in [0.1, 0.15) is 23.5 Å². The minimum Gasteiger partial charge on any atom is -0.487 e. The van der Waals surface area contributed by atoms with E-state index in [1.165, 1.54) is 0 Å². The van der Waals surface area contributed by atoms with Gasteiger partial charge < -0.3 is 14.8 Å². The molecule has 1 unspecified atom stereocenters. The third-order valence-electron chi connectivity index (χ3n) is 3.35. The number of rotatable bonds is 8. The van der Waals surface area contributed by atoms with Crippen molar-refractivity contribution >= 4 is 22.9 Å². The van der Waals surface area contributed by atoms with Crippen LogP contribution in [0.15, 0.2) is 29.6 Å². The van der Waals surface area contributed by atoms with E-state index in [-0.39, 0.29) is 17.9 Å². The summed E-state index contributed by atoms with van der Waals surface area (Å²) in [7, 11) is 0. The number of carbonyl (C=O) groups is 1. The summed E-state index contributed by atoms with van der Waals surface area (Å²) in [6, 6.07) is 7.38. The van der Waals surface area contributed by atoms with Gasteiger partial charge >= 0.3 is 0 Å². The van der Waals surface area contributed by atoms with Gasteiger partial charge in [-0.25, -0.2) is 4.98 Å². The number of amides is 1. The van der Waals surface area contributed by atoms with E-state index in [4.69, 9.17) is 9.47 Å². The monoisotopic (exact) mass is 348 g/mol. The van der Waals surface area contributed by atoms with E-state index in [1.807, 2.05) is 57.3 Å². The Morgan fingerprint density at radius 3 is 2.83 bits per heavy atom. The maximum absolute atomic E-state index is 11.8. The van der Waals surface area contributed by atoms with Crippen molar-refractivity contribution in [2.45, 2.75) is 40.4 Å². The average molecular weight is 348 g/mol. The molecule has 130 valence electrons. The van der Waals surface area contributed by atoms with Crippen LogP contribution in [0.5, 0.6) is 5.75 Å².